The van der Waals surface area contributed by atoms with Gasteiger partial charge in [0, 0.05) is 0 Å². The number of rotatable bonds is 22. The van der Waals surface area contributed by atoms with Gasteiger partial charge in [-0.3, -0.25) is 4.79 Å². The molecule has 0 aliphatic rings. The van der Waals surface area contributed by atoms with E-state index < -0.39 is 41.9 Å². The molecule has 0 saturated carbocycles. The molecule has 0 radical (unpaired) electrons. The van der Waals surface area contributed by atoms with Crippen LogP contribution < -0.4 is 5.32 Å². The molecule has 38 heavy (non-hydrogen) atoms. The molecule has 11 heteroatoms. The smallest absolute Gasteiger partial charge is 0.460 e. The van der Waals surface area contributed by atoms with Crippen molar-refractivity contribution in [1.29, 1.82) is 0 Å². The van der Waals surface area contributed by atoms with Gasteiger partial charge >= 0.3 is 24.0 Å². The standard InChI is InChI=1S/C27H46F7NO3/c1-4-6-7-8-9-10-11-12-13-14-15-16-17-18-19-20-38-23(36)22(21(3)5-2)35-24(37)25(28,29)26(30,31)27(32,33)34/h21-22H,4-20H2,1-3H3,(H,35,37). The number of alkyl halides is 7. The van der Waals surface area contributed by atoms with Crippen LogP contribution in [0.1, 0.15) is 124 Å². The number of nitrogens with one attached hydrogen (secondary N) is 1. The molecule has 0 bridgehead atoms. The Morgan fingerprint density at radius 2 is 1.08 bits per heavy atom. The first-order chi connectivity index (χ1) is 17.7. The Bertz CT molecular complexity index is 657. The molecule has 1 N–H and O–H groups in total. The molecule has 226 valence electrons. The number of unbranched alkanes of at least 4 members (excludes halogenated alkanes) is 14. The van der Waals surface area contributed by atoms with Crippen LogP contribution in [0.5, 0.6) is 0 Å². The van der Waals surface area contributed by atoms with Crippen LogP contribution in [0.3, 0.4) is 0 Å². The second-order valence-electron chi connectivity index (χ2n) is 10.1. The quantitative estimate of drug-likeness (QED) is 0.0811. The number of amides is 1. The predicted octanol–water partition coefficient (Wildman–Crippen LogP) is 8.76. The highest BCUT2D eigenvalue weighted by atomic mass is 19.4. The monoisotopic (exact) mass is 565 g/mol. The minimum atomic E-state index is -6.65. The Morgan fingerprint density at radius 1 is 0.684 bits per heavy atom. The molecule has 0 heterocycles. The van der Waals surface area contributed by atoms with Gasteiger partial charge in [-0.25, -0.2) is 4.79 Å². The molecule has 2 unspecified atom stereocenters. The lowest BCUT2D eigenvalue weighted by Crippen LogP contribution is -2.62. The highest BCUT2D eigenvalue weighted by Gasteiger charge is 2.76. The van der Waals surface area contributed by atoms with Gasteiger partial charge in [-0.2, -0.15) is 30.7 Å². The van der Waals surface area contributed by atoms with Gasteiger partial charge < -0.3 is 10.1 Å². The Balaban J connectivity index is 4.25. The van der Waals surface area contributed by atoms with Gasteiger partial charge in [-0.1, -0.05) is 117 Å². The second-order valence-corrected chi connectivity index (χ2v) is 10.1. The van der Waals surface area contributed by atoms with Crippen molar-refractivity contribution in [3.8, 4) is 0 Å². The lowest BCUT2D eigenvalue weighted by Gasteiger charge is -2.29. The van der Waals surface area contributed by atoms with E-state index in [0.29, 0.717) is 6.42 Å². The van der Waals surface area contributed by atoms with Crippen molar-refractivity contribution in [1.82, 2.24) is 5.32 Å². The molecule has 0 aromatic carbocycles. The first-order valence-electron chi connectivity index (χ1n) is 14.0. The van der Waals surface area contributed by atoms with E-state index in [1.807, 2.05) is 0 Å². The fourth-order valence-corrected chi connectivity index (χ4v) is 3.96. The fraction of sp³-hybridized carbons (Fsp3) is 0.926. The van der Waals surface area contributed by atoms with Crippen molar-refractivity contribution in [2.24, 2.45) is 5.92 Å². The zero-order valence-electron chi connectivity index (χ0n) is 23.0. The number of hydrogen-bond donors (Lipinski definition) is 1. The zero-order valence-corrected chi connectivity index (χ0v) is 23.0. The minimum Gasteiger partial charge on any atom is -0.464 e. The largest absolute Gasteiger partial charge is 0.464 e. The normalized spacial score (nSPS) is 14.3. The summed E-state index contributed by atoms with van der Waals surface area (Å²) in [6.45, 7) is 5.03. The number of halogens is 7. The predicted molar refractivity (Wildman–Crippen MR) is 133 cm³/mol. The molecule has 0 aromatic rings. The van der Waals surface area contributed by atoms with Gasteiger partial charge in [0.1, 0.15) is 6.04 Å². The summed E-state index contributed by atoms with van der Waals surface area (Å²) in [4.78, 5) is 24.0. The van der Waals surface area contributed by atoms with E-state index in [9.17, 15) is 40.3 Å². The van der Waals surface area contributed by atoms with Gasteiger partial charge in [0.25, 0.3) is 5.91 Å². The van der Waals surface area contributed by atoms with E-state index in [1.54, 1.807) is 0 Å². The van der Waals surface area contributed by atoms with Crippen molar-refractivity contribution in [2.45, 2.75) is 148 Å². The third-order valence-electron chi connectivity index (χ3n) is 6.78. The van der Waals surface area contributed by atoms with Crippen molar-refractivity contribution in [3.63, 3.8) is 0 Å². The minimum absolute atomic E-state index is 0.0744. The van der Waals surface area contributed by atoms with Crippen LogP contribution in [0.2, 0.25) is 0 Å². The average molecular weight is 566 g/mol. The summed E-state index contributed by atoms with van der Waals surface area (Å²) in [6, 6.07) is -1.78. The maximum absolute atomic E-state index is 13.7. The number of carbonyl (C=O) groups excluding carboxylic acids is 2. The third kappa shape index (κ3) is 13.0. The van der Waals surface area contributed by atoms with E-state index >= 15 is 0 Å². The highest BCUT2D eigenvalue weighted by Crippen LogP contribution is 2.46. The molecule has 0 aliphatic heterocycles. The Kier molecular flexibility index (Phi) is 17.9. The van der Waals surface area contributed by atoms with E-state index in [4.69, 9.17) is 4.74 Å². The molecular formula is C27H46F7NO3. The maximum atomic E-state index is 13.7. The molecule has 0 aliphatic carbocycles. The van der Waals surface area contributed by atoms with Crippen LogP contribution in [-0.2, 0) is 14.3 Å². The van der Waals surface area contributed by atoms with E-state index in [2.05, 4.69) is 6.92 Å². The summed E-state index contributed by atoms with van der Waals surface area (Å²) < 4.78 is 95.7. The summed E-state index contributed by atoms with van der Waals surface area (Å²) in [7, 11) is 0. The number of carbonyl (C=O) groups is 2. The maximum Gasteiger partial charge on any atom is 0.460 e. The Labute approximate surface area is 222 Å². The summed E-state index contributed by atoms with van der Waals surface area (Å²) in [5, 5.41) is 1.35. The fourth-order valence-electron chi connectivity index (χ4n) is 3.96. The van der Waals surface area contributed by atoms with Gasteiger partial charge in [-0.15, -0.1) is 0 Å². The number of ether oxygens (including phenoxy) is 1. The van der Waals surface area contributed by atoms with E-state index in [1.165, 1.54) is 83.4 Å². The molecule has 0 rings (SSSR count). The summed E-state index contributed by atoms with van der Waals surface area (Å²) in [6.07, 6.45) is 10.5. The van der Waals surface area contributed by atoms with Crippen molar-refractivity contribution in [3.05, 3.63) is 0 Å². The van der Waals surface area contributed by atoms with E-state index in [0.717, 1.165) is 25.7 Å². The average Bonchev–Trinajstić information content (AvgIpc) is 2.85. The molecule has 4 nitrogen and oxygen atoms in total. The van der Waals surface area contributed by atoms with Crippen LogP contribution in [-0.4, -0.2) is 42.5 Å². The second kappa shape index (κ2) is 18.7. The van der Waals surface area contributed by atoms with Crippen LogP contribution in [0.4, 0.5) is 30.7 Å². The molecule has 0 fully saturated rings. The highest BCUT2D eigenvalue weighted by molar-refractivity contribution is 5.89. The Morgan fingerprint density at radius 3 is 1.45 bits per heavy atom. The zero-order chi connectivity index (χ0) is 29.2. The van der Waals surface area contributed by atoms with E-state index in [-0.39, 0.29) is 13.0 Å². The van der Waals surface area contributed by atoms with Gasteiger partial charge in [-0.05, 0) is 12.3 Å². The molecule has 1 amide bonds. The Hall–Kier alpha value is -1.55. The van der Waals surface area contributed by atoms with Crippen molar-refractivity contribution in [2.75, 3.05) is 6.61 Å². The number of esters is 1. The first kappa shape index (κ1) is 36.5. The molecule has 0 saturated heterocycles. The van der Waals surface area contributed by atoms with Gasteiger partial charge in [0.2, 0.25) is 0 Å². The summed E-state index contributed by atoms with van der Waals surface area (Å²) in [5.41, 5.74) is 0. The van der Waals surface area contributed by atoms with Crippen LogP contribution in [0.25, 0.3) is 0 Å². The SMILES string of the molecule is CCCCCCCCCCCCCCCCCOC(=O)C(NC(=O)C(F)(F)C(F)(F)C(F)(F)F)C(C)CC. The van der Waals surface area contributed by atoms with Gasteiger partial charge in [0.05, 0.1) is 6.61 Å². The topological polar surface area (TPSA) is 55.4 Å². The third-order valence-corrected chi connectivity index (χ3v) is 6.78. The van der Waals surface area contributed by atoms with Crippen molar-refractivity contribution >= 4 is 11.9 Å². The first-order valence-corrected chi connectivity index (χ1v) is 14.0. The lowest BCUT2D eigenvalue weighted by atomic mass is 9.98. The number of hydrogen-bond acceptors (Lipinski definition) is 3. The summed E-state index contributed by atoms with van der Waals surface area (Å²) >= 11 is 0. The summed E-state index contributed by atoms with van der Waals surface area (Å²) in [5.74, 6) is -17.5. The molecule has 2 atom stereocenters. The molecule has 0 spiro atoms. The van der Waals surface area contributed by atoms with Crippen LogP contribution in [0, 0.1) is 5.92 Å². The van der Waals surface area contributed by atoms with Gasteiger partial charge in [0.15, 0.2) is 0 Å². The molecular weight excluding hydrogens is 519 g/mol. The lowest BCUT2D eigenvalue weighted by molar-refractivity contribution is -0.344. The molecule has 0 aromatic heterocycles. The van der Waals surface area contributed by atoms with Crippen molar-refractivity contribution < 1.29 is 45.1 Å². The van der Waals surface area contributed by atoms with Crippen LogP contribution >= 0.6 is 0 Å². The van der Waals surface area contributed by atoms with Crippen LogP contribution in [0.15, 0.2) is 0 Å².